The second-order valence-electron chi connectivity index (χ2n) is 7.96. The number of carbonyl (C=O) groups excluding carboxylic acids is 2. The van der Waals surface area contributed by atoms with Gasteiger partial charge in [-0.2, -0.15) is 5.10 Å². The first-order valence-electron chi connectivity index (χ1n) is 10.9. The average Bonchev–Trinajstić information content (AvgIpc) is 3.16. The van der Waals surface area contributed by atoms with E-state index in [9.17, 15) is 9.59 Å². The maximum Gasteiger partial charge on any atom is 0.248 e. The molecular formula is C25H29ClN4O4. The predicted octanol–water partition coefficient (Wildman–Crippen LogP) is 4.94. The second kappa shape index (κ2) is 11.1. The van der Waals surface area contributed by atoms with Crippen LogP contribution in [0.15, 0.2) is 42.5 Å². The quantitative estimate of drug-likeness (QED) is 0.448. The minimum atomic E-state index is -0.502. The number of carbonyl (C=O) groups is 2. The lowest BCUT2D eigenvalue weighted by Crippen LogP contribution is -2.25. The fourth-order valence-electron chi connectivity index (χ4n) is 3.63. The lowest BCUT2D eigenvalue weighted by atomic mass is 10.1. The van der Waals surface area contributed by atoms with Crippen molar-refractivity contribution in [2.75, 3.05) is 24.9 Å². The third kappa shape index (κ3) is 6.08. The molecule has 1 heterocycles. The van der Waals surface area contributed by atoms with Crippen LogP contribution in [-0.4, -0.2) is 35.8 Å². The molecule has 180 valence electrons. The maximum absolute atomic E-state index is 12.7. The molecule has 9 heteroatoms. The van der Waals surface area contributed by atoms with Crippen molar-refractivity contribution in [1.82, 2.24) is 9.78 Å². The summed E-state index contributed by atoms with van der Waals surface area (Å²) in [6.45, 7) is 5.55. The van der Waals surface area contributed by atoms with Gasteiger partial charge in [0.25, 0.3) is 0 Å². The fourth-order valence-corrected chi connectivity index (χ4v) is 3.86. The van der Waals surface area contributed by atoms with Gasteiger partial charge in [0.1, 0.15) is 17.5 Å². The number of rotatable bonds is 9. The molecule has 0 aliphatic heterocycles. The monoisotopic (exact) mass is 484 g/mol. The molecule has 0 bridgehead atoms. The summed E-state index contributed by atoms with van der Waals surface area (Å²) in [6, 6.07) is 11.9. The number of hydrogen-bond donors (Lipinski definition) is 2. The molecule has 1 atom stereocenters. The number of ether oxygens (including phenoxy) is 2. The van der Waals surface area contributed by atoms with E-state index in [1.807, 2.05) is 38.1 Å². The molecule has 2 N–H and O–H groups in total. The number of methoxy groups -OCH3 is 2. The van der Waals surface area contributed by atoms with Crippen LogP contribution in [0.25, 0.3) is 0 Å². The number of hydrogen-bond acceptors (Lipinski definition) is 5. The molecular weight excluding hydrogens is 456 g/mol. The normalized spacial score (nSPS) is 11.6. The first-order chi connectivity index (χ1) is 16.2. The van der Waals surface area contributed by atoms with Crippen LogP contribution in [0.2, 0.25) is 5.02 Å². The third-order valence-corrected chi connectivity index (χ3v) is 5.72. The topological polar surface area (TPSA) is 94.5 Å². The molecule has 1 unspecified atom stereocenters. The standard InChI is InChI=1S/C25H29ClN4O4/c1-15-12-16(2)30(29-15)17(3)25(32)28-22-9-7-19(14-21(22)26)27-24(31)11-6-18-13-20(33-4)8-10-23(18)34-5/h7-10,12-14,17H,6,11H2,1-5H3,(H,27,31)(H,28,32). The van der Waals surface area contributed by atoms with Crippen LogP contribution in [0.4, 0.5) is 11.4 Å². The zero-order valence-electron chi connectivity index (χ0n) is 19.9. The van der Waals surface area contributed by atoms with Crippen LogP contribution in [0, 0.1) is 13.8 Å². The fraction of sp³-hybridized carbons (Fsp3) is 0.320. The molecule has 0 radical (unpaired) electrons. The molecule has 0 saturated carbocycles. The molecule has 3 aromatic rings. The Balaban J connectivity index is 1.60. The molecule has 3 rings (SSSR count). The van der Waals surface area contributed by atoms with Crippen LogP contribution in [-0.2, 0) is 16.0 Å². The van der Waals surface area contributed by atoms with Crippen LogP contribution in [0.1, 0.15) is 36.3 Å². The van der Waals surface area contributed by atoms with Crippen molar-refractivity contribution >= 4 is 34.8 Å². The Kier molecular flexibility index (Phi) is 8.17. The first kappa shape index (κ1) is 25.1. The van der Waals surface area contributed by atoms with Crippen molar-refractivity contribution in [3.05, 3.63) is 64.4 Å². The van der Waals surface area contributed by atoms with Crippen molar-refractivity contribution in [2.45, 2.75) is 39.7 Å². The van der Waals surface area contributed by atoms with E-state index in [0.717, 1.165) is 17.0 Å². The number of benzene rings is 2. The van der Waals surface area contributed by atoms with E-state index in [1.165, 1.54) is 0 Å². The molecule has 2 aromatic carbocycles. The van der Waals surface area contributed by atoms with Crippen molar-refractivity contribution in [1.29, 1.82) is 0 Å². The number of aromatic nitrogens is 2. The predicted molar refractivity (Wildman–Crippen MR) is 133 cm³/mol. The second-order valence-corrected chi connectivity index (χ2v) is 8.36. The number of halogens is 1. The number of nitrogens with zero attached hydrogens (tertiary/aromatic N) is 2. The van der Waals surface area contributed by atoms with E-state index < -0.39 is 6.04 Å². The summed E-state index contributed by atoms with van der Waals surface area (Å²) in [4.78, 5) is 25.2. The van der Waals surface area contributed by atoms with Gasteiger partial charge in [0.15, 0.2) is 0 Å². The summed E-state index contributed by atoms with van der Waals surface area (Å²) >= 11 is 6.37. The van der Waals surface area contributed by atoms with E-state index in [0.29, 0.717) is 34.3 Å². The highest BCUT2D eigenvalue weighted by atomic mass is 35.5. The Morgan fingerprint density at radius 3 is 2.44 bits per heavy atom. The average molecular weight is 485 g/mol. The van der Waals surface area contributed by atoms with Gasteiger partial charge < -0.3 is 20.1 Å². The summed E-state index contributed by atoms with van der Waals surface area (Å²) in [6.07, 6.45) is 0.734. The lowest BCUT2D eigenvalue weighted by molar-refractivity contribution is -0.119. The Hall–Kier alpha value is -3.52. The lowest BCUT2D eigenvalue weighted by Gasteiger charge is -2.16. The van der Waals surface area contributed by atoms with Gasteiger partial charge >= 0.3 is 0 Å². The van der Waals surface area contributed by atoms with Crippen LogP contribution in [0.5, 0.6) is 11.5 Å². The maximum atomic E-state index is 12.7. The van der Waals surface area contributed by atoms with Gasteiger partial charge in [0.2, 0.25) is 11.8 Å². The van der Waals surface area contributed by atoms with Gasteiger partial charge in [0, 0.05) is 17.8 Å². The molecule has 1 aromatic heterocycles. The molecule has 0 spiro atoms. The van der Waals surface area contributed by atoms with E-state index in [2.05, 4.69) is 15.7 Å². The largest absolute Gasteiger partial charge is 0.497 e. The number of amides is 2. The molecule has 2 amide bonds. The van der Waals surface area contributed by atoms with Gasteiger partial charge in [0.05, 0.1) is 30.6 Å². The smallest absolute Gasteiger partial charge is 0.248 e. The molecule has 0 aliphatic rings. The van der Waals surface area contributed by atoms with Gasteiger partial charge in [-0.15, -0.1) is 0 Å². The van der Waals surface area contributed by atoms with Gasteiger partial charge in [-0.1, -0.05) is 11.6 Å². The Morgan fingerprint density at radius 2 is 1.82 bits per heavy atom. The summed E-state index contributed by atoms with van der Waals surface area (Å²) in [5.41, 5.74) is 3.62. The molecule has 0 saturated heterocycles. The number of nitrogens with one attached hydrogen (secondary N) is 2. The van der Waals surface area contributed by atoms with Crippen LogP contribution >= 0.6 is 11.6 Å². The molecule has 0 aliphatic carbocycles. The molecule has 8 nitrogen and oxygen atoms in total. The van der Waals surface area contributed by atoms with Gasteiger partial charge in [-0.25, -0.2) is 0 Å². The van der Waals surface area contributed by atoms with Crippen molar-refractivity contribution in [3.8, 4) is 11.5 Å². The third-order valence-electron chi connectivity index (χ3n) is 5.41. The van der Waals surface area contributed by atoms with E-state index in [4.69, 9.17) is 21.1 Å². The minimum absolute atomic E-state index is 0.170. The van der Waals surface area contributed by atoms with E-state index >= 15 is 0 Å². The SMILES string of the molecule is COc1ccc(OC)c(CCC(=O)Nc2ccc(NC(=O)C(C)n3nc(C)cc3C)c(Cl)c2)c1. The van der Waals surface area contributed by atoms with Gasteiger partial charge in [-0.05, 0) is 75.2 Å². The summed E-state index contributed by atoms with van der Waals surface area (Å²) in [7, 11) is 3.18. The van der Waals surface area contributed by atoms with Crippen LogP contribution in [0.3, 0.4) is 0 Å². The highest BCUT2D eigenvalue weighted by Crippen LogP contribution is 2.28. The Bertz CT molecular complexity index is 1190. The van der Waals surface area contributed by atoms with Crippen molar-refractivity contribution < 1.29 is 19.1 Å². The first-order valence-corrected chi connectivity index (χ1v) is 11.2. The Morgan fingerprint density at radius 1 is 1.06 bits per heavy atom. The minimum Gasteiger partial charge on any atom is -0.497 e. The summed E-state index contributed by atoms with van der Waals surface area (Å²) in [5, 5.41) is 10.3. The highest BCUT2D eigenvalue weighted by Gasteiger charge is 2.19. The zero-order valence-corrected chi connectivity index (χ0v) is 20.7. The highest BCUT2D eigenvalue weighted by molar-refractivity contribution is 6.34. The van der Waals surface area contributed by atoms with Crippen LogP contribution < -0.4 is 20.1 Å². The van der Waals surface area contributed by atoms with E-state index in [-0.39, 0.29) is 18.2 Å². The summed E-state index contributed by atoms with van der Waals surface area (Å²) < 4.78 is 12.3. The number of aryl methyl sites for hydroxylation is 3. The van der Waals surface area contributed by atoms with E-state index in [1.54, 1.807) is 44.0 Å². The van der Waals surface area contributed by atoms with Gasteiger partial charge in [-0.3, -0.25) is 14.3 Å². The van der Waals surface area contributed by atoms with Crippen molar-refractivity contribution in [2.24, 2.45) is 0 Å². The number of anilines is 2. The zero-order chi connectivity index (χ0) is 24.8. The van der Waals surface area contributed by atoms with Crippen molar-refractivity contribution in [3.63, 3.8) is 0 Å². The Labute approximate surface area is 204 Å². The summed E-state index contributed by atoms with van der Waals surface area (Å²) in [5.74, 6) is 0.993. The molecule has 0 fully saturated rings. The molecule has 34 heavy (non-hydrogen) atoms.